The Morgan fingerprint density at radius 2 is 2.08 bits per heavy atom. The van der Waals surface area contributed by atoms with Gasteiger partial charge in [0.15, 0.2) is 6.10 Å². The topological polar surface area (TPSA) is 69.3 Å². The Morgan fingerprint density at radius 3 is 2.79 bits per heavy atom. The van der Waals surface area contributed by atoms with Crippen LogP contribution in [0.15, 0.2) is 59.3 Å². The van der Waals surface area contributed by atoms with Crippen LogP contribution < -0.4 is 10.1 Å². The first-order valence-electron chi connectivity index (χ1n) is 7.72. The fourth-order valence-corrected chi connectivity index (χ4v) is 2.23. The molecule has 2 heterocycles. The summed E-state index contributed by atoms with van der Waals surface area (Å²) in [6.45, 7) is 3.92. The van der Waals surface area contributed by atoms with Crippen molar-refractivity contribution in [3.8, 4) is 11.6 Å². The average Bonchev–Trinajstić information content (AvgIpc) is 3.24. The van der Waals surface area contributed by atoms with E-state index in [4.69, 9.17) is 9.15 Å². The van der Waals surface area contributed by atoms with Gasteiger partial charge in [0.25, 0.3) is 5.91 Å². The summed E-state index contributed by atoms with van der Waals surface area (Å²) >= 11 is 0. The molecule has 1 atom stereocenters. The number of para-hydroxylation sites is 1. The first-order chi connectivity index (χ1) is 11.6. The van der Waals surface area contributed by atoms with E-state index in [2.05, 4.69) is 10.4 Å². The Kier molecular flexibility index (Phi) is 4.65. The van der Waals surface area contributed by atoms with E-state index in [1.807, 2.05) is 43.5 Å². The van der Waals surface area contributed by atoms with Crippen molar-refractivity contribution in [1.29, 1.82) is 0 Å². The van der Waals surface area contributed by atoms with Crippen molar-refractivity contribution < 1.29 is 13.9 Å². The van der Waals surface area contributed by atoms with Gasteiger partial charge in [-0.15, -0.1) is 5.10 Å². The predicted octanol–water partition coefficient (Wildman–Crippen LogP) is 2.86. The molecule has 0 aliphatic carbocycles. The van der Waals surface area contributed by atoms with Crippen molar-refractivity contribution in [3.05, 3.63) is 66.2 Å². The molecule has 6 nitrogen and oxygen atoms in total. The first kappa shape index (κ1) is 15.9. The van der Waals surface area contributed by atoms with Crippen molar-refractivity contribution in [3.63, 3.8) is 0 Å². The van der Waals surface area contributed by atoms with Crippen LogP contribution in [0.3, 0.4) is 0 Å². The molecule has 1 N–H and O–H groups in total. The number of carbonyl (C=O) groups excluding carboxylic acids is 1. The van der Waals surface area contributed by atoms with Gasteiger partial charge >= 0.3 is 0 Å². The van der Waals surface area contributed by atoms with Gasteiger partial charge in [-0.2, -0.15) is 0 Å². The summed E-state index contributed by atoms with van der Waals surface area (Å²) in [4.78, 5) is 12.1. The number of carbonyl (C=O) groups is 1. The zero-order valence-corrected chi connectivity index (χ0v) is 13.6. The highest BCUT2D eigenvalue weighted by atomic mass is 16.5. The molecule has 24 heavy (non-hydrogen) atoms. The van der Waals surface area contributed by atoms with Gasteiger partial charge in [-0.1, -0.05) is 18.2 Å². The Labute approximate surface area is 140 Å². The van der Waals surface area contributed by atoms with Crippen LogP contribution >= 0.6 is 0 Å². The van der Waals surface area contributed by atoms with Crippen LogP contribution in [0.2, 0.25) is 0 Å². The molecule has 1 aromatic carbocycles. The number of nitrogens with one attached hydrogen (secondary N) is 1. The number of hydrogen-bond donors (Lipinski definition) is 1. The van der Waals surface area contributed by atoms with Crippen LogP contribution in [0, 0.1) is 6.92 Å². The monoisotopic (exact) mass is 325 g/mol. The lowest BCUT2D eigenvalue weighted by Gasteiger charge is -2.12. The molecule has 0 unspecified atom stereocenters. The molecule has 0 radical (unpaired) electrons. The zero-order valence-electron chi connectivity index (χ0n) is 13.6. The SMILES string of the molecule is Cc1cn(-c2ccccc2)nc1O[C@@H](C)C(=O)NCc1ccco1. The summed E-state index contributed by atoms with van der Waals surface area (Å²) in [5.74, 6) is 0.916. The van der Waals surface area contributed by atoms with Gasteiger partial charge in [0.05, 0.1) is 18.5 Å². The summed E-state index contributed by atoms with van der Waals surface area (Å²) in [6.07, 6.45) is 2.79. The Hall–Kier alpha value is -3.02. The molecule has 0 aliphatic rings. The Bertz CT molecular complexity index is 794. The van der Waals surface area contributed by atoms with Crippen LogP contribution in [0.1, 0.15) is 18.2 Å². The number of rotatable bonds is 6. The van der Waals surface area contributed by atoms with E-state index in [0.717, 1.165) is 11.3 Å². The van der Waals surface area contributed by atoms with Crippen molar-refractivity contribution in [1.82, 2.24) is 15.1 Å². The third-order valence-electron chi connectivity index (χ3n) is 3.55. The maximum atomic E-state index is 12.1. The normalized spacial score (nSPS) is 11.9. The summed E-state index contributed by atoms with van der Waals surface area (Å²) in [5, 5.41) is 7.18. The van der Waals surface area contributed by atoms with E-state index in [1.54, 1.807) is 30.0 Å². The van der Waals surface area contributed by atoms with E-state index in [0.29, 0.717) is 18.2 Å². The van der Waals surface area contributed by atoms with Crippen LogP contribution in [0.4, 0.5) is 0 Å². The second kappa shape index (κ2) is 7.04. The molecule has 0 bridgehead atoms. The minimum absolute atomic E-state index is 0.222. The molecule has 2 aromatic heterocycles. The largest absolute Gasteiger partial charge is 0.467 e. The quantitative estimate of drug-likeness (QED) is 0.756. The van der Waals surface area contributed by atoms with Crippen LogP contribution in [-0.4, -0.2) is 21.8 Å². The molecule has 0 spiro atoms. The number of amides is 1. The average molecular weight is 325 g/mol. The van der Waals surface area contributed by atoms with Gasteiger partial charge in [0, 0.05) is 11.8 Å². The second-order valence-corrected chi connectivity index (χ2v) is 5.45. The zero-order chi connectivity index (χ0) is 16.9. The molecule has 0 aliphatic heterocycles. The number of nitrogens with zero attached hydrogens (tertiary/aromatic N) is 2. The van der Waals surface area contributed by atoms with Gasteiger partial charge in [0.2, 0.25) is 5.88 Å². The maximum absolute atomic E-state index is 12.1. The van der Waals surface area contributed by atoms with Crippen LogP contribution in [0.5, 0.6) is 5.88 Å². The third-order valence-corrected chi connectivity index (χ3v) is 3.55. The highest BCUT2D eigenvalue weighted by molar-refractivity contribution is 5.80. The lowest BCUT2D eigenvalue weighted by Crippen LogP contribution is -2.36. The minimum Gasteiger partial charge on any atom is -0.467 e. The predicted molar refractivity (Wildman–Crippen MR) is 88.9 cm³/mol. The smallest absolute Gasteiger partial charge is 0.261 e. The minimum atomic E-state index is -0.655. The summed E-state index contributed by atoms with van der Waals surface area (Å²) in [6, 6.07) is 13.3. The van der Waals surface area contributed by atoms with Gasteiger partial charge in [-0.05, 0) is 38.1 Å². The van der Waals surface area contributed by atoms with Crippen molar-refractivity contribution >= 4 is 5.91 Å². The highest BCUT2D eigenvalue weighted by Crippen LogP contribution is 2.19. The van der Waals surface area contributed by atoms with E-state index >= 15 is 0 Å². The van der Waals surface area contributed by atoms with E-state index in [1.165, 1.54) is 0 Å². The standard InChI is InChI=1S/C18H19N3O3/c1-13-12-21(15-7-4-3-5-8-15)20-18(13)24-14(2)17(22)19-11-16-9-6-10-23-16/h3-10,12,14H,11H2,1-2H3,(H,19,22)/t14-/m0/s1. The summed E-state index contributed by atoms with van der Waals surface area (Å²) in [7, 11) is 0. The fraction of sp³-hybridized carbons (Fsp3) is 0.222. The Balaban J connectivity index is 1.62. The molecule has 0 saturated carbocycles. The lowest BCUT2D eigenvalue weighted by molar-refractivity contribution is -0.127. The van der Waals surface area contributed by atoms with E-state index in [9.17, 15) is 4.79 Å². The number of furan rings is 1. The van der Waals surface area contributed by atoms with E-state index in [-0.39, 0.29) is 5.91 Å². The Morgan fingerprint density at radius 1 is 1.29 bits per heavy atom. The van der Waals surface area contributed by atoms with Gasteiger partial charge < -0.3 is 14.5 Å². The number of benzene rings is 1. The highest BCUT2D eigenvalue weighted by Gasteiger charge is 2.18. The molecular weight excluding hydrogens is 306 g/mol. The van der Waals surface area contributed by atoms with Crippen LogP contribution in [-0.2, 0) is 11.3 Å². The molecule has 0 fully saturated rings. The summed E-state index contributed by atoms with van der Waals surface area (Å²) < 4.78 is 12.6. The number of hydrogen-bond acceptors (Lipinski definition) is 4. The molecule has 6 heteroatoms. The molecule has 124 valence electrons. The third kappa shape index (κ3) is 3.65. The van der Waals surface area contributed by atoms with E-state index < -0.39 is 6.10 Å². The molecule has 3 rings (SSSR count). The van der Waals surface area contributed by atoms with Crippen molar-refractivity contribution in [2.75, 3.05) is 0 Å². The first-order valence-corrected chi connectivity index (χ1v) is 7.72. The number of aryl methyl sites for hydroxylation is 1. The van der Waals surface area contributed by atoms with Crippen LogP contribution in [0.25, 0.3) is 5.69 Å². The molecule has 3 aromatic rings. The summed E-state index contributed by atoms with van der Waals surface area (Å²) in [5.41, 5.74) is 1.80. The van der Waals surface area contributed by atoms with Gasteiger partial charge in [0.1, 0.15) is 5.76 Å². The second-order valence-electron chi connectivity index (χ2n) is 5.45. The number of ether oxygens (including phenoxy) is 1. The van der Waals surface area contributed by atoms with Gasteiger partial charge in [-0.3, -0.25) is 4.79 Å². The number of aromatic nitrogens is 2. The lowest BCUT2D eigenvalue weighted by atomic mass is 10.3. The van der Waals surface area contributed by atoms with Crippen molar-refractivity contribution in [2.24, 2.45) is 0 Å². The maximum Gasteiger partial charge on any atom is 0.261 e. The molecular formula is C18H19N3O3. The van der Waals surface area contributed by atoms with Gasteiger partial charge in [-0.25, -0.2) is 4.68 Å². The van der Waals surface area contributed by atoms with Crippen molar-refractivity contribution in [2.45, 2.75) is 26.5 Å². The molecule has 1 amide bonds. The molecule has 0 saturated heterocycles. The fourth-order valence-electron chi connectivity index (χ4n) is 2.23.